The van der Waals surface area contributed by atoms with Gasteiger partial charge in [-0.3, -0.25) is 0 Å². The van der Waals surface area contributed by atoms with E-state index in [0.29, 0.717) is 16.8 Å². The van der Waals surface area contributed by atoms with Crippen LogP contribution in [0.4, 0.5) is 5.82 Å². The molecule has 0 N–H and O–H groups in total. The van der Waals surface area contributed by atoms with E-state index in [0.717, 1.165) is 4.90 Å². The molecular formula is C12H16N2OS. The lowest BCUT2D eigenvalue weighted by Crippen LogP contribution is -2.06. The number of ether oxygens (including phenoxy) is 1. The maximum Gasteiger partial charge on any atom is 0.312 e. The van der Waals surface area contributed by atoms with Crippen molar-refractivity contribution in [3.05, 3.63) is 23.7 Å². The second-order valence-electron chi connectivity index (χ2n) is 3.94. The van der Waals surface area contributed by atoms with Gasteiger partial charge in [0.05, 0.1) is 11.0 Å². The van der Waals surface area contributed by atoms with Gasteiger partial charge in [0.15, 0.2) is 0 Å². The first-order valence-electron chi connectivity index (χ1n) is 5.23. The van der Waals surface area contributed by atoms with Crippen LogP contribution in [0.25, 0.3) is 4.85 Å². The molecule has 0 atom stereocenters. The minimum Gasteiger partial charge on any atom is -0.500 e. The van der Waals surface area contributed by atoms with Crippen LogP contribution >= 0.6 is 11.8 Å². The number of aromatic nitrogens is 1. The molecule has 3 nitrogen and oxygen atoms in total. The van der Waals surface area contributed by atoms with Crippen LogP contribution in [0.1, 0.15) is 27.7 Å². The molecule has 0 bridgehead atoms. The molecule has 86 valence electrons. The smallest absolute Gasteiger partial charge is 0.312 e. The molecule has 16 heavy (non-hydrogen) atoms. The Hall–Kier alpha value is -1.21. The van der Waals surface area contributed by atoms with Crippen molar-refractivity contribution in [3.63, 3.8) is 0 Å². The number of hydrogen-bond acceptors (Lipinski definition) is 3. The molecule has 1 rings (SSSR count). The Labute approximate surface area is 101 Å². The van der Waals surface area contributed by atoms with Gasteiger partial charge in [0.25, 0.3) is 0 Å². The van der Waals surface area contributed by atoms with E-state index in [9.17, 15) is 0 Å². The van der Waals surface area contributed by atoms with Gasteiger partial charge in [-0.05, 0) is 19.9 Å². The van der Waals surface area contributed by atoms with Crippen molar-refractivity contribution < 1.29 is 4.74 Å². The summed E-state index contributed by atoms with van der Waals surface area (Å²) < 4.78 is 5.57. The maximum atomic E-state index is 7.02. The van der Waals surface area contributed by atoms with E-state index in [-0.39, 0.29) is 6.10 Å². The lowest BCUT2D eigenvalue weighted by molar-refractivity contribution is 0.243. The normalized spacial score (nSPS) is 10.6. The van der Waals surface area contributed by atoms with E-state index in [4.69, 9.17) is 11.3 Å². The van der Waals surface area contributed by atoms with Crippen molar-refractivity contribution in [1.29, 1.82) is 0 Å². The van der Waals surface area contributed by atoms with Gasteiger partial charge < -0.3 is 9.58 Å². The highest BCUT2D eigenvalue weighted by Gasteiger charge is 2.10. The van der Waals surface area contributed by atoms with Gasteiger partial charge in [-0.1, -0.05) is 20.4 Å². The first-order chi connectivity index (χ1) is 7.52. The predicted molar refractivity (Wildman–Crippen MR) is 67.3 cm³/mol. The molecule has 1 aromatic rings. The Bertz CT molecular complexity index is 396. The Morgan fingerprint density at radius 2 is 2.06 bits per heavy atom. The van der Waals surface area contributed by atoms with Crippen LogP contribution in [0.3, 0.4) is 0 Å². The molecule has 0 aliphatic rings. The zero-order chi connectivity index (χ0) is 12.1. The van der Waals surface area contributed by atoms with Crippen LogP contribution in [0, 0.1) is 6.57 Å². The quantitative estimate of drug-likeness (QED) is 0.585. The molecular weight excluding hydrogens is 220 g/mol. The Balaban J connectivity index is 2.97. The summed E-state index contributed by atoms with van der Waals surface area (Å²) in [6.45, 7) is 15.1. The van der Waals surface area contributed by atoms with Gasteiger partial charge in [-0.2, -0.15) is 0 Å². The fourth-order valence-corrected chi connectivity index (χ4v) is 2.01. The second kappa shape index (κ2) is 5.76. The van der Waals surface area contributed by atoms with E-state index in [1.165, 1.54) is 0 Å². The van der Waals surface area contributed by atoms with Crippen LogP contribution in [-0.2, 0) is 0 Å². The van der Waals surface area contributed by atoms with Crippen LogP contribution in [0.2, 0.25) is 0 Å². The number of hydrogen-bond donors (Lipinski definition) is 0. The van der Waals surface area contributed by atoms with Crippen molar-refractivity contribution in [3.8, 4) is 5.75 Å². The molecule has 0 spiro atoms. The molecule has 0 saturated heterocycles. The average Bonchev–Trinajstić information content (AvgIpc) is 2.16. The summed E-state index contributed by atoms with van der Waals surface area (Å²) in [5.74, 6) is 0.914. The first kappa shape index (κ1) is 12.9. The number of rotatable bonds is 4. The zero-order valence-electron chi connectivity index (χ0n) is 10.0. The molecule has 0 aliphatic heterocycles. The molecule has 0 aliphatic carbocycles. The number of thioether (sulfide) groups is 1. The highest BCUT2D eigenvalue weighted by atomic mass is 32.2. The molecule has 0 saturated carbocycles. The minimum atomic E-state index is 0.0570. The second-order valence-corrected chi connectivity index (χ2v) is 5.59. The van der Waals surface area contributed by atoms with Gasteiger partial charge >= 0.3 is 5.82 Å². The van der Waals surface area contributed by atoms with Crippen LogP contribution in [-0.4, -0.2) is 16.3 Å². The molecule has 4 heteroatoms. The van der Waals surface area contributed by atoms with Crippen LogP contribution in [0.5, 0.6) is 5.75 Å². The van der Waals surface area contributed by atoms with Crippen molar-refractivity contribution in [2.24, 2.45) is 0 Å². The molecule has 1 heterocycles. The van der Waals surface area contributed by atoms with Gasteiger partial charge in [-0.25, -0.2) is 0 Å². The highest BCUT2D eigenvalue weighted by molar-refractivity contribution is 7.99. The summed E-state index contributed by atoms with van der Waals surface area (Å²) in [6, 6.07) is 1.89. The van der Waals surface area contributed by atoms with Gasteiger partial charge in [-0.15, -0.1) is 16.7 Å². The molecule has 0 unspecified atom stereocenters. The topological polar surface area (TPSA) is 26.5 Å². The van der Waals surface area contributed by atoms with Crippen molar-refractivity contribution in [2.75, 3.05) is 0 Å². The van der Waals surface area contributed by atoms with Crippen LogP contribution < -0.4 is 4.74 Å². The van der Waals surface area contributed by atoms with E-state index in [1.54, 1.807) is 18.0 Å². The lowest BCUT2D eigenvalue weighted by atomic mass is 10.4. The van der Waals surface area contributed by atoms with Gasteiger partial charge in [0.1, 0.15) is 11.9 Å². The van der Waals surface area contributed by atoms with E-state index >= 15 is 0 Å². The number of nitrogens with zero attached hydrogens (tertiary/aromatic N) is 2. The first-order valence-corrected chi connectivity index (χ1v) is 6.11. The van der Waals surface area contributed by atoms with Crippen molar-refractivity contribution in [1.82, 2.24) is 4.98 Å². The predicted octanol–water partition coefficient (Wildman–Crippen LogP) is 3.92. The number of pyridine rings is 1. The summed E-state index contributed by atoms with van der Waals surface area (Å²) >= 11 is 1.71. The third-order valence-electron chi connectivity index (χ3n) is 1.65. The fraction of sp³-hybridized carbons (Fsp3) is 0.500. The summed E-state index contributed by atoms with van der Waals surface area (Å²) in [5.41, 5.74) is 0. The summed E-state index contributed by atoms with van der Waals surface area (Å²) in [6.07, 6.45) is 1.78. The van der Waals surface area contributed by atoms with Gasteiger partial charge in [0, 0.05) is 5.25 Å². The summed E-state index contributed by atoms with van der Waals surface area (Å²) in [4.78, 5) is 8.49. The van der Waals surface area contributed by atoms with E-state index in [2.05, 4.69) is 23.7 Å². The van der Waals surface area contributed by atoms with E-state index < -0.39 is 0 Å². The molecule has 0 aromatic carbocycles. The standard InChI is InChI=1S/C12H16N2OS/c1-8(2)15-11-6-10(16-9(3)4)7-14-12(11)13-5/h6-9H,1-4H3. The Morgan fingerprint density at radius 3 is 2.56 bits per heavy atom. The fourth-order valence-electron chi connectivity index (χ4n) is 1.18. The summed E-state index contributed by atoms with van der Waals surface area (Å²) in [7, 11) is 0. The Kier molecular flexibility index (Phi) is 4.63. The maximum absolute atomic E-state index is 7.02. The van der Waals surface area contributed by atoms with Crippen molar-refractivity contribution >= 4 is 17.6 Å². The molecule has 0 amide bonds. The zero-order valence-corrected chi connectivity index (χ0v) is 10.8. The largest absolute Gasteiger partial charge is 0.500 e. The lowest BCUT2D eigenvalue weighted by Gasteiger charge is -2.12. The van der Waals surface area contributed by atoms with Crippen molar-refractivity contribution in [2.45, 2.75) is 43.9 Å². The molecule has 0 fully saturated rings. The molecule has 1 aromatic heterocycles. The minimum absolute atomic E-state index is 0.0570. The van der Waals surface area contributed by atoms with E-state index in [1.807, 2.05) is 19.9 Å². The third-order valence-corrected chi connectivity index (χ3v) is 2.62. The SMILES string of the molecule is [C-]#[N+]c1ncc(SC(C)C)cc1OC(C)C. The monoisotopic (exact) mass is 236 g/mol. The Morgan fingerprint density at radius 1 is 1.38 bits per heavy atom. The van der Waals surface area contributed by atoms with Crippen LogP contribution in [0.15, 0.2) is 17.2 Å². The summed E-state index contributed by atoms with van der Waals surface area (Å²) in [5, 5.41) is 0.493. The van der Waals surface area contributed by atoms with Gasteiger partial charge in [0.2, 0.25) is 0 Å². The molecule has 0 radical (unpaired) electrons. The third kappa shape index (κ3) is 3.74. The highest BCUT2D eigenvalue weighted by Crippen LogP contribution is 2.32. The average molecular weight is 236 g/mol.